The summed E-state index contributed by atoms with van der Waals surface area (Å²) in [6.07, 6.45) is 0.154. The number of morpholine rings is 2. The van der Waals surface area contributed by atoms with Crippen molar-refractivity contribution in [2.45, 2.75) is 45.1 Å². The Morgan fingerprint density at radius 1 is 1.16 bits per heavy atom. The molecule has 1 amide bonds. The number of ether oxygens (including phenoxy) is 2. The van der Waals surface area contributed by atoms with Crippen LogP contribution in [0.4, 0.5) is 0 Å². The molecule has 0 saturated carbocycles. The number of carbonyl (C=O) groups is 1. The first kappa shape index (κ1) is 18.6. The number of carbonyl (C=O) groups excluding carboxylic acids is 1. The topological polar surface area (TPSA) is 42.0 Å². The Labute approximate surface area is 154 Å². The van der Waals surface area contributed by atoms with Crippen molar-refractivity contribution >= 4 is 17.5 Å². The molecule has 0 unspecified atom stereocenters. The van der Waals surface area contributed by atoms with E-state index in [2.05, 4.69) is 4.90 Å². The summed E-state index contributed by atoms with van der Waals surface area (Å²) in [6.45, 7) is 9.48. The predicted octanol–water partition coefficient (Wildman–Crippen LogP) is 2.74. The van der Waals surface area contributed by atoms with E-state index in [0.717, 1.165) is 17.1 Å². The summed E-state index contributed by atoms with van der Waals surface area (Å²) in [4.78, 5) is 17.1. The van der Waals surface area contributed by atoms with Gasteiger partial charge >= 0.3 is 0 Å². The summed E-state index contributed by atoms with van der Waals surface area (Å²) >= 11 is 5.97. The van der Waals surface area contributed by atoms with Gasteiger partial charge in [0.1, 0.15) is 0 Å². The van der Waals surface area contributed by atoms with E-state index < -0.39 is 0 Å². The van der Waals surface area contributed by atoms with Gasteiger partial charge in [-0.3, -0.25) is 9.69 Å². The van der Waals surface area contributed by atoms with Gasteiger partial charge in [0.15, 0.2) is 0 Å². The summed E-state index contributed by atoms with van der Waals surface area (Å²) in [5, 5.41) is 0.718. The summed E-state index contributed by atoms with van der Waals surface area (Å²) in [6, 6.07) is 7.59. The molecule has 2 saturated heterocycles. The molecule has 4 atom stereocenters. The van der Waals surface area contributed by atoms with Crippen molar-refractivity contribution in [3.63, 3.8) is 0 Å². The molecule has 0 aliphatic carbocycles. The van der Waals surface area contributed by atoms with E-state index >= 15 is 0 Å². The highest BCUT2D eigenvalue weighted by molar-refractivity contribution is 6.30. The van der Waals surface area contributed by atoms with Gasteiger partial charge in [0.2, 0.25) is 5.91 Å². The third-order valence-electron chi connectivity index (χ3n) is 4.98. The van der Waals surface area contributed by atoms with Crippen LogP contribution in [0.25, 0.3) is 0 Å². The summed E-state index contributed by atoms with van der Waals surface area (Å²) in [5.74, 6) is 0.179. The van der Waals surface area contributed by atoms with E-state index in [1.54, 1.807) is 0 Å². The fourth-order valence-electron chi connectivity index (χ4n) is 3.68. The first-order chi connectivity index (χ1) is 11.9. The highest BCUT2D eigenvalue weighted by atomic mass is 35.5. The fourth-order valence-corrected chi connectivity index (χ4v) is 3.80. The number of halogens is 1. The first-order valence-electron chi connectivity index (χ1n) is 8.99. The molecule has 0 radical (unpaired) electrons. The zero-order valence-corrected chi connectivity index (χ0v) is 15.9. The molecule has 5 nitrogen and oxygen atoms in total. The van der Waals surface area contributed by atoms with Gasteiger partial charge in [0, 0.05) is 31.2 Å². The predicted molar refractivity (Wildman–Crippen MR) is 97.8 cm³/mol. The monoisotopic (exact) mass is 366 g/mol. The normalized spacial score (nSPS) is 29.4. The van der Waals surface area contributed by atoms with Crippen LogP contribution in [0.5, 0.6) is 0 Å². The molecule has 6 heteroatoms. The summed E-state index contributed by atoms with van der Waals surface area (Å²) in [7, 11) is 0. The number of amides is 1. The lowest BCUT2D eigenvalue weighted by molar-refractivity contribution is -0.151. The third-order valence-corrected chi connectivity index (χ3v) is 5.23. The molecule has 2 fully saturated rings. The van der Waals surface area contributed by atoms with Gasteiger partial charge < -0.3 is 14.4 Å². The number of hydrogen-bond donors (Lipinski definition) is 0. The van der Waals surface area contributed by atoms with Crippen molar-refractivity contribution in [2.75, 3.05) is 32.8 Å². The van der Waals surface area contributed by atoms with E-state index in [0.29, 0.717) is 26.2 Å². The lowest BCUT2D eigenvalue weighted by Crippen LogP contribution is -2.56. The molecule has 0 N–H and O–H groups in total. The van der Waals surface area contributed by atoms with Crippen LogP contribution in [0.2, 0.25) is 5.02 Å². The molecule has 0 spiro atoms. The average Bonchev–Trinajstić information content (AvgIpc) is 2.60. The van der Waals surface area contributed by atoms with E-state index in [4.69, 9.17) is 21.1 Å². The second-order valence-electron chi connectivity index (χ2n) is 7.08. The van der Waals surface area contributed by atoms with Gasteiger partial charge in [-0.15, -0.1) is 0 Å². The minimum absolute atomic E-state index is 0.0243. The number of benzene rings is 1. The van der Waals surface area contributed by atoms with Gasteiger partial charge in [0.05, 0.1) is 31.0 Å². The third kappa shape index (κ3) is 4.53. The number of nitrogens with zero attached hydrogens (tertiary/aromatic N) is 2. The smallest absolute Gasteiger partial charge is 0.239 e. The molecule has 1 aromatic carbocycles. The lowest BCUT2D eigenvalue weighted by Gasteiger charge is -2.41. The first-order valence-corrected chi connectivity index (χ1v) is 9.37. The van der Waals surface area contributed by atoms with E-state index in [1.165, 1.54) is 0 Å². The highest BCUT2D eigenvalue weighted by Gasteiger charge is 2.33. The summed E-state index contributed by atoms with van der Waals surface area (Å²) in [5.41, 5.74) is 1.10. The van der Waals surface area contributed by atoms with Crippen LogP contribution in [-0.2, 0) is 14.3 Å². The molecule has 25 heavy (non-hydrogen) atoms. The zero-order valence-electron chi connectivity index (χ0n) is 15.2. The molecule has 138 valence electrons. The van der Waals surface area contributed by atoms with Crippen LogP contribution < -0.4 is 0 Å². The van der Waals surface area contributed by atoms with Crippen LogP contribution in [0, 0.1) is 0 Å². The largest absolute Gasteiger partial charge is 0.372 e. The van der Waals surface area contributed by atoms with Gasteiger partial charge in [-0.1, -0.05) is 23.7 Å². The standard InChI is InChI=1S/C19H27ClN2O3/c1-13-10-22(11-14(2)25-13)19(23)15(3)21-8-9-24-18(12-21)16-4-6-17(20)7-5-16/h4-7,13-15,18H,8-12H2,1-3H3/t13-,14+,15-,18+/m0/s1. The molecule has 0 aromatic heterocycles. The van der Waals surface area contributed by atoms with Gasteiger partial charge in [-0.05, 0) is 38.5 Å². The Bertz CT molecular complexity index is 585. The minimum Gasteiger partial charge on any atom is -0.372 e. The van der Waals surface area contributed by atoms with Crippen LogP contribution in [0.1, 0.15) is 32.4 Å². The Hall–Kier alpha value is -1.14. The fraction of sp³-hybridized carbons (Fsp3) is 0.632. The minimum atomic E-state index is -0.156. The van der Waals surface area contributed by atoms with Crippen LogP contribution in [-0.4, -0.2) is 66.7 Å². The van der Waals surface area contributed by atoms with Crippen LogP contribution in [0.15, 0.2) is 24.3 Å². The van der Waals surface area contributed by atoms with Crippen molar-refractivity contribution in [2.24, 2.45) is 0 Å². The Morgan fingerprint density at radius 2 is 1.80 bits per heavy atom. The van der Waals surface area contributed by atoms with Crippen molar-refractivity contribution in [3.05, 3.63) is 34.9 Å². The van der Waals surface area contributed by atoms with Crippen molar-refractivity contribution in [1.29, 1.82) is 0 Å². The van der Waals surface area contributed by atoms with Crippen LogP contribution in [0.3, 0.4) is 0 Å². The molecule has 2 aliphatic rings. The molecular formula is C19H27ClN2O3. The molecule has 2 aliphatic heterocycles. The maximum absolute atomic E-state index is 12.9. The van der Waals surface area contributed by atoms with Gasteiger partial charge in [0.25, 0.3) is 0 Å². The van der Waals surface area contributed by atoms with Crippen molar-refractivity contribution < 1.29 is 14.3 Å². The van der Waals surface area contributed by atoms with E-state index in [-0.39, 0.29) is 30.3 Å². The van der Waals surface area contributed by atoms with Gasteiger partial charge in [-0.2, -0.15) is 0 Å². The number of rotatable bonds is 3. The maximum Gasteiger partial charge on any atom is 0.239 e. The van der Waals surface area contributed by atoms with E-state index in [9.17, 15) is 4.79 Å². The second-order valence-corrected chi connectivity index (χ2v) is 7.52. The van der Waals surface area contributed by atoms with Gasteiger partial charge in [-0.25, -0.2) is 0 Å². The SMILES string of the molecule is C[C@@H]1CN(C(=O)[C@H](C)N2CCO[C@@H](c3ccc(Cl)cc3)C2)C[C@H](C)O1. The molecular weight excluding hydrogens is 340 g/mol. The maximum atomic E-state index is 12.9. The second kappa shape index (κ2) is 8.04. The average molecular weight is 367 g/mol. The molecule has 1 aromatic rings. The molecule has 0 bridgehead atoms. The Kier molecular flexibility index (Phi) is 6.00. The highest BCUT2D eigenvalue weighted by Crippen LogP contribution is 2.25. The Morgan fingerprint density at radius 3 is 2.44 bits per heavy atom. The van der Waals surface area contributed by atoms with Crippen molar-refractivity contribution in [1.82, 2.24) is 9.80 Å². The number of hydrogen-bond acceptors (Lipinski definition) is 4. The molecule has 2 heterocycles. The molecule has 3 rings (SSSR count). The zero-order chi connectivity index (χ0) is 18.0. The summed E-state index contributed by atoms with van der Waals surface area (Å²) < 4.78 is 11.7. The lowest BCUT2D eigenvalue weighted by atomic mass is 10.1. The van der Waals surface area contributed by atoms with E-state index in [1.807, 2.05) is 49.9 Å². The van der Waals surface area contributed by atoms with Crippen LogP contribution >= 0.6 is 11.6 Å². The van der Waals surface area contributed by atoms with Crippen molar-refractivity contribution in [3.8, 4) is 0 Å². The Balaban J connectivity index is 1.64. The quantitative estimate of drug-likeness (QED) is 0.825.